The minimum atomic E-state index is -0.0976. The highest BCUT2D eigenvalue weighted by Crippen LogP contribution is 2.14. The summed E-state index contributed by atoms with van der Waals surface area (Å²) < 4.78 is 5.09. The number of amides is 1. The van der Waals surface area contributed by atoms with Gasteiger partial charge in [0, 0.05) is 44.0 Å². The van der Waals surface area contributed by atoms with E-state index in [0.29, 0.717) is 31.1 Å². The Hall–Kier alpha value is -2.28. The predicted molar refractivity (Wildman–Crippen MR) is 70.6 cm³/mol. The topological polar surface area (TPSA) is 101 Å². The van der Waals surface area contributed by atoms with Crippen LogP contribution in [-0.4, -0.2) is 39.3 Å². The van der Waals surface area contributed by atoms with Crippen molar-refractivity contribution in [1.82, 2.24) is 20.4 Å². The Morgan fingerprint density at radius 3 is 3.10 bits per heavy atom. The normalized spacial score (nSPS) is 10.4. The second kappa shape index (κ2) is 7.34. The highest BCUT2D eigenvalue weighted by atomic mass is 16.5. The fourth-order valence-electron chi connectivity index (χ4n) is 1.58. The van der Waals surface area contributed by atoms with Gasteiger partial charge < -0.3 is 14.9 Å². The van der Waals surface area contributed by atoms with Gasteiger partial charge in [0.05, 0.1) is 0 Å². The Balaban J connectivity index is 1.83. The van der Waals surface area contributed by atoms with E-state index in [1.165, 1.54) is 0 Å². The molecule has 20 heavy (non-hydrogen) atoms. The molecule has 0 radical (unpaired) electrons. The van der Waals surface area contributed by atoms with Gasteiger partial charge in [0.25, 0.3) is 0 Å². The zero-order valence-electron chi connectivity index (χ0n) is 11.0. The fourth-order valence-corrected chi connectivity index (χ4v) is 1.58. The van der Waals surface area contributed by atoms with Crippen molar-refractivity contribution in [3.05, 3.63) is 30.4 Å². The van der Waals surface area contributed by atoms with Crippen LogP contribution in [0, 0.1) is 0 Å². The highest BCUT2D eigenvalue weighted by Gasteiger charge is 2.10. The highest BCUT2D eigenvalue weighted by molar-refractivity contribution is 5.75. The molecular formula is C13H16N4O3. The Bertz CT molecular complexity index is 542. The van der Waals surface area contributed by atoms with Crippen molar-refractivity contribution < 1.29 is 14.4 Å². The van der Waals surface area contributed by atoms with E-state index in [-0.39, 0.29) is 18.9 Å². The molecule has 0 spiro atoms. The molecular weight excluding hydrogens is 260 g/mol. The number of hydrogen-bond donors (Lipinski definition) is 2. The van der Waals surface area contributed by atoms with Crippen LogP contribution < -0.4 is 5.32 Å². The third-order valence-corrected chi connectivity index (χ3v) is 2.61. The molecule has 0 aliphatic carbocycles. The standard InChI is InChI=1S/C13H16N4O3/c18-8-2-7-15-11(19)4-5-12-16-13(17-20-12)10-3-1-6-14-9-10/h1,3,6,9,18H,2,4-5,7-8H2,(H,15,19). The van der Waals surface area contributed by atoms with E-state index in [0.717, 1.165) is 5.56 Å². The van der Waals surface area contributed by atoms with Crippen molar-refractivity contribution in [2.75, 3.05) is 13.2 Å². The summed E-state index contributed by atoms with van der Waals surface area (Å²) in [5.41, 5.74) is 0.773. The smallest absolute Gasteiger partial charge is 0.227 e. The minimum Gasteiger partial charge on any atom is -0.396 e. The molecule has 2 heterocycles. The van der Waals surface area contributed by atoms with Gasteiger partial charge in [-0.1, -0.05) is 5.16 Å². The number of carbonyl (C=O) groups excluding carboxylic acids is 1. The number of rotatable bonds is 7. The molecule has 7 nitrogen and oxygen atoms in total. The largest absolute Gasteiger partial charge is 0.396 e. The van der Waals surface area contributed by atoms with Gasteiger partial charge in [-0.3, -0.25) is 9.78 Å². The van der Waals surface area contributed by atoms with E-state index in [1.807, 2.05) is 6.07 Å². The van der Waals surface area contributed by atoms with Gasteiger partial charge in [-0.05, 0) is 18.6 Å². The molecule has 2 N–H and O–H groups in total. The number of hydrogen-bond acceptors (Lipinski definition) is 6. The SMILES string of the molecule is O=C(CCc1nc(-c2cccnc2)no1)NCCCO. The molecule has 0 aliphatic rings. The summed E-state index contributed by atoms with van der Waals surface area (Å²) in [6, 6.07) is 3.63. The number of pyridine rings is 1. The van der Waals surface area contributed by atoms with Gasteiger partial charge in [-0.2, -0.15) is 4.98 Å². The van der Waals surface area contributed by atoms with Gasteiger partial charge in [-0.15, -0.1) is 0 Å². The van der Waals surface area contributed by atoms with Gasteiger partial charge in [-0.25, -0.2) is 0 Å². The van der Waals surface area contributed by atoms with Gasteiger partial charge in [0.2, 0.25) is 17.6 Å². The predicted octanol–water partition coefficient (Wildman–Crippen LogP) is 0.563. The molecule has 1 amide bonds. The maximum atomic E-state index is 11.5. The fraction of sp³-hybridized carbons (Fsp3) is 0.385. The van der Waals surface area contributed by atoms with Crippen LogP contribution >= 0.6 is 0 Å². The van der Waals surface area contributed by atoms with E-state index < -0.39 is 0 Å². The third-order valence-electron chi connectivity index (χ3n) is 2.61. The molecule has 0 aliphatic heterocycles. The van der Waals surface area contributed by atoms with Crippen molar-refractivity contribution in [3.8, 4) is 11.4 Å². The number of aromatic nitrogens is 3. The first-order valence-electron chi connectivity index (χ1n) is 6.40. The van der Waals surface area contributed by atoms with E-state index in [9.17, 15) is 4.79 Å². The van der Waals surface area contributed by atoms with E-state index >= 15 is 0 Å². The van der Waals surface area contributed by atoms with Crippen molar-refractivity contribution in [2.24, 2.45) is 0 Å². The molecule has 0 saturated heterocycles. The lowest BCUT2D eigenvalue weighted by molar-refractivity contribution is -0.121. The van der Waals surface area contributed by atoms with E-state index in [4.69, 9.17) is 9.63 Å². The molecule has 0 unspecified atom stereocenters. The Kier molecular flexibility index (Phi) is 5.19. The number of aryl methyl sites for hydroxylation is 1. The third kappa shape index (κ3) is 4.13. The lowest BCUT2D eigenvalue weighted by Gasteiger charge is -2.01. The van der Waals surface area contributed by atoms with Crippen LogP contribution in [0.4, 0.5) is 0 Å². The summed E-state index contributed by atoms with van der Waals surface area (Å²) in [5.74, 6) is 0.787. The number of carbonyl (C=O) groups is 1. The summed E-state index contributed by atoms with van der Waals surface area (Å²) in [4.78, 5) is 19.7. The number of nitrogens with zero attached hydrogens (tertiary/aromatic N) is 3. The molecule has 2 aromatic heterocycles. The lowest BCUT2D eigenvalue weighted by atomic mass is 10.2. The van der Waals surface area contributed by atoms with Crippen LogP contribution in [0.1, 0.15) is 18.7 Å². The van der Waals surface area contributed by atoms with Crippen LogP contribution in [0.2, 0.25) is 0 Å². The number of aliphatic hydroxyl groups is 1. The first kappa shape index (κ1) is 14.1. The quantitative estimate of drug-likeness (QED) is 0.717. The molecule has 7 heteroatoms. The Morgan fingerprint density at radius 2 is 2.35 bits per heavy atom. The summed E-state index contributed by atoms with van der Waals surface area (Å²) in [6.07, 6.45) is 4.53. The maximum absolute atomic E-state index is 11.5. The molecule has 0 saturated carbocycles. The summed E-state index contributed by atoms with van der Waals surface area (Å²) in [7, 11) is 0. The first-order valence-corrected chi connectivity index (χ1v) is 6.40. The average Bonchev–Trinajstić information content (AvgIpc) is 2.95. The summed E-state index contributed by atoms with van der Waals surface area (Å²) >= 11 is 0. The maximum Gasteiger partial charge on any atom is 0.227 e. The Morgan fingerprint density at radius 1 is 1.45 bits per heavy atom. The van der Waals surface area contributed by atoms with E-state index in [1.54, 1.807) is 18.5 Å². The van der Waals surface area contributed by atoms with Crippen molar-refractivity contribution in [2.45, 2.75) is 19.3 Å². The van der Waals surface area contributed by atoms with Crippen LogP contribution in [0.15, 0.2) is 29.0 Å². The molecule has 0 atom stereocenters. The first-order chi connectivity index (χ1) is 9.79. The van der Waals surface area contributed by atoms with Crippen molar-refractivity contribution in [1.29, 1.82) is 0 Å². The summed E-state index contributed by atoms with van der Waals surface area (Å²) in [5, 5.41) is 15.2. The van der Waals surface area contributed by atoms with Gasteiger partial charge in [0.1, 0.15) is 0 Å². The number of nitrogens with one attached hydrogen (secondary N) is 1. The molecule has 0 bridgehead atoms. The van der Waals surface area contributed by atoms with Gasteiger partial charge in [0.15, 0.2) is 0 Å². The lowest BCUT2D eigenvalue weighted by Crippen LogP contribution is -2.25. The van der Waals surface area contributed by atoms with Crippen LogP contribution in [0.25, 0.3) is 11.4 Å². The molecule has 2 rings (SSSR count). The number of aliphatic hydroxyl groups excluding tert-OH is 1. The molecule has 0 fully saturated rings. The van der Waals surface area contributed by atoms with E-state index in [2.05, 4.69) is 20.4 Å². The van der Waals surface area contributed by atoms with Crippen LogP contribution in [-0.2, 0) is 11.2 Å². The zero-order valence-corrected chi connectivity index (χ0v) is 11.0. The summed E-state index contributed by atoms with van der Waals surface area (Å²) in [6.45, 7) is 0.540. The molecule has 2 aromatic rings. The molecule has 106 valence electrons. The Labute approximate surface area is 116 Å². The second-order valence-corrected chi connectivity index (χ2v) is 4.18. The second-order valence-electron chi connectivity index (χ2n) is 4.18. The van der Waals surface area contributed by atoms with Crippen LogP contribution in [0.3, 0.4) is 0 Å². The average molecular weight is 276 g/mol. The van der Waals surface area contributed by atoms with Crippen molar-refractivity contribution >= 4 is 5.91 Å². The van der Waals surface area contributed by atoms with Crippen molar-refractivity contribution in [3.63, 3.8) is 0 Å². The van der Waals surface area contributed by atoms with Gasteiger partial charge >= 0.3 is 0 Å². The molecule has 0 aromatic carbocycles. The minimum absolute atomic E-state index is 0.0679. The monoisotopic (exact) mass is 276 g/mol. The van der Waals surface area contributed by atoms with Crippen LogP contribution in [0.5, 0.6) is 0 Å². The zero-order chi connectivity index (χ0) is 14.2.